The zero-order valence-corrected chi connectivity index (χ0v) is 24.5. The summed E-state index contributed by atoms with van der Waals surface area (Å²) in [5.41, 5.74) is 5.07. The molecule has 0 radical (unpaired) electrons. The van der Waals surface area contributed by atoms with E-state index in [0.717, 1.165) is 64.7 Å². The lowest BCUT2D eigenvalue weighted by Gasteiger charge is -2.41. The lowest BCUT2D eigenvalue weighted by atomic mass is 10.0. The van der Waals surface area contributed by atoms with E-state index in [2.05, 4.69) is 39.4 Å². The van der Waals surface area contributed by atoms with Crippen LogP contribution in [0.1, 0.15) is 41.6 Å². The lowest BCUT2D eigenvalue weighted by molar-refractivity contribution is -0.131. The Balaban J connectivity index is 1.28. The summed E-state index contributed by atoms with van der Waals surface area (Å²) in [5, 5.41) is 10.2. The van der Waals surface area contributed by atoms with Crippen molar-refractivity contribution in [1.82, 2.24) is 24.7 Å². The molecule has 4 aliphatic heterocycles. The molecule has 0 N–H and O–H groups in total. The molecule has 2 saturated heterocycles. The maximum absolute atomic E-state index is 13.8. The number of halogens is 2. The second kappa shape index (κ2) is 12.0. The standard InChI is InChI=1S/C30H34ClFN8O2/c1-19(32)29(41)40-13-12-39(14-20(40)7-9-33)28-24-16-38(15-23-22-8-10-34-26(22)6-5-25(23)31)17-27(24)35-30(36-28)42-18-21-4-3-11-37(21)2/h5-6,10,20-21H,1,3-4,7-8,11-18H2,2H3/t20-,21-/m0/s1. The molecule has 4 aliphatic rings. The van der Waals surface area contributed by atoms with Gasteiger partial charge in [-0.1, -0.05) is 18.2 Å². The van der Waals surface area contributed by atoms with Gasteiger partial charge in [0.05, 0.1) is 29.9 Å². The lowest BCUT2D eigenvalue weighted by Crippen LogP contribution is -2.55. The SMILES string of the molecule is C=C(F)C(=O)N1CCN(c2nc(OC[C@@H]3CCCN3C)nc3c2CN(Cc2c(Cl)ccc4c2CC=N4)C3)C[C@@H]1CC#N. The van der Waals surface area contributed by atoms with Crippen LogP contribution in [-0.2, 0) is 30.8 Å². The molecule has 220 valence electrons. The molecule has 12 heteroatoms. The predicted molar refractivity (Wildman–Crippen MR) is 158 cm³/mol. The van der Waals surface area contributed by atoms with Crippen LogP contribution in [-0.4, -0.2) is 88.7 Å². The topological polar surface area (TPSA) is 101 Å². The number of nitriles is 1. The average Bonchev–Trinajstić information content (AvgIpc) is 3.72. The van der Waals surface area contributed by atoms with Gasteiger partial charge in [-0.05, 0) is 49.7 Å². The Bertz CT molecular complexity index is 1480. The van der Waals surface area contributed by atoms with Crippen LogP contribution < -0.4 is 9.64 Å². The second-order valence-corrected chi connectivity index (χ2v) is 11.8. The van der Waals surface area contributed by atoms with Crippen LogP contribution in [0, 0.1) is 11.3 Å². The van der Waals surface area contributed by atoms with Crippen LogP contribution in [0.4, 0.5) is 15.9 Å². The van der Waals surface area contributed by atoms with Gasteiger partial charge in [0.25, 0.3) is 5.91 Å². The highest BCUT2D eigenvalue weighted by atomic mass is 35.5. The first-order valence-corrected chi connectivity index (χ1v) is 14.8. The van der Waals surface area contributed by atoms with Gasteiger partial charge in [-0.3, -0.25) is 14.7 Å². The number of hydrogen-bond acceptors (Lipinski definition) is 9. The van der Waals surface area contributed by atoms with Crippen molar-refractivity contribution in [2.45, 2.75) is 57.4 Å². The van der Waals surface area contributed by atoms with Gasteiger partial charge < -0.3 is 19.4 Å². The van der Waals surface area contributed by atoms with Crippen molar-refractivity contribution in [3.63, 3.8) is 0 Å². The van der Waals surface area contributed by atoms with Gasteiger partial charge in [-0.15, -0.1) is 0 Å². The number of likely N-dealkylation sites (tertiary alicyclic amines) is 1. The molecule has 2 fully saturated rings. The third-order valence-corrected chi connectivity index (χ3v) is 9.09. The maximum atomic E-state index is 13.8. The number of carbonyl (C=O) groups excluding carboxylic acids is 1. The molecule has 0 spiro atoms. The van der Waals surface area contributed by atoms with Crippen LogP contribution in [0.5, 0.6) is 6.01 Å². The number of nitrogens with zero attached hydrogens (tertiary/aromatic N) is 8. The number of fused-ring (bicyclic) bond motifs is 2. The number of benzene rings is 1. The third kappa shape index (κ3) is 5.59. The Hall–Kier alpha value is -3.59. The zero-order valence-electron chi connectivity index (χ0n) is 23.7. The van der Waals surface area contributed by atoms with Gasteiger partial charge in [-0.2, -0.15) is 15.2 Å². The molecule has 0 unspecified atom stereocenters. The Kier molecular flexibility index (Phi) is 8.12. The molecule has 6 rings (SSSR count). The highest BCUT2D eigenvalue weighted by molar-refractivity contribution is 6.31. The number of likely N-dealkylation sites (N-methyl/N-ethyl adjacent to an activating group) is 1. The number of carbonyl (C=O) groups is 1. The Morgan fingerprint density at radius 1 is 1.21 bits per heavy atom. The fourth-order valence-electron chi connectivity index (χ4n) is 6.46. The van der Waals surface area contributed by atoms with E-state index in [1.807, 2.05) is 18.3 Å². The fraction of sp³-hybridized carbons (Fsp3) is 0.500. The van der Waals surface area contributed by atoms with E-state index in [-0.39, 0.29) is 13.0 Å². The minimum absolute atomic E-state index is 0.0754. The molecule has 1 aromatic carbocycles. The molecule has 0 saturated carbocycles. The van der Waals surface area contributed by atoms with Gasteiger partial charge in [-0.25, -0.2) is 4.39 Å². The Labute approximate surface area is 250 Å². The first kappa shape index (κ1) is 28.5. The summed E-state index contributed by atoms with van der Waals surface area (Å²) in [4.78, 5) is 34.8. The predicted octanol–water partition coefficient (Wildman–Crippen LogP) is 3.79. The van der Waals surface area contributed by atoms with Gasteiger partial charge in [0.15, 0.2) is 5.83 Å². The summed E-state index contributed by atoms with van der Waals surface area (Å²) in [6.07, 6.45) is 4.96. The van der Waals surface area contributed by atoms with E-state index in [9.17, 15) is 14.4 Å². The van der Waals surface area contributed by atoms with E-state index in [0.29, 0.717) is 51.4 Å². The van der Waals surface area contributed by atoms with Gasteiger partial charge in [0, 0.05) is 68.5 Å². The molecular weight excluding hydrogens is 559 g/mol. The average molecular weight is 593 g/mol. The van der Waals surface area contributed by atoms with Crippen LogP contribution in [0.25, 0.3) is 0 Å². The summed E-state index contributed by atoms with van der Waals surface area (Å²) in [6.45, 7) is 7.61. The number of aliphatic imine (C=N–C) groups is 1. The molecule has 1 amide bonds. The van der Waals surface area contributed by atoms with Crippen molar-refractivity contribution in [3.8, 4) is 12.1 Å². The number of piperazine rings is 1. The summed E-state index contributed by atoms with van der Waals surface area (Å²) in [7, 11) is 2.10. The fourth-order valence-corrected chi connectivity index (χ4v) is 6.70. The highest BCUT2D eigenvalue weighted by Gasteiger charge is 2.36. The quantitative estimate of drug-likeness (QED) is 0.427. The second-order valence-electron chi connectivity index (χ2n) is 11.4. The molecule has 2 aromatic rings. The van der Waals surface area contributed by atoms with Crippen molar-refractivity contribution in [3.05, 3.63) is 51.9 Å². The van der Waals surface area contributed by atoms with Crippen molar-refractivity contribution in [2.24, 2.45) is 4.99 Å². The smallest absolute Gasteiger partial charge is 0.318 e. The summed E-state index contributed by atoms with van der Waals surface area (Å²) in [6, 6.07) is 6.16. The van der Waals surface area contributed by atoms with E-state index in [1.165, 1.54) is 4.90 Å². The molecule has 1 aromatic heterocycles. The molecule has 10 nitrogen and oxygen atoms in total. The normalized spacial score (nSPS) is 21.9. The zero-order chi connectivity index (χ0) is 29.4. The molecule has 5 heterocycles. The molecular formula is C30H34ClFN8O2. The third-order valence-electron chi connectivity index (χ3n) is 8.74. The van der Waals surface area contributed by atoms with Crippen molar-refractivity contribution in [1.29, 1.82) is 5.26 Å². The van der Waals surface area contributed by atoms with Crippen LogP contribution in [0.3, 0.4) is 0 Å². The highest BCUT2D eigenvalue weighted by Crippen LogP contribution is 2.37. The Morgan fingerprint density at radius 3 is 2.83 bits per heavy atom. The van der Waals surface area contributed by atoms with Gasteiger partial charge in [0.1, 0.15) is 12.4 Å². The number of ether oxygens (including phenoxy) is 1. The number of anilines is 1. The molecule has 2 atom stereocenters. The van der Waals surface area contributed by atoms with E-state index >= 15 is 0 Å². The molecule has 0 bridgehead atoms. The van der Waals surface area contributed by atoms with E-state index < -0.39 is 17.8 Å². The van der Waals surface area contributed by atoms with Crippen LogP contribution in [0.15, 0.2) is 29.5 Å². The Morgan fingerprint density at radius 2 is 2.07 bits per heavy atom. The number of amides is 1. The number of hydrogen-bond donors (Lipinski definition) is 0. The van der Waals surface area contributed by atoms with Crippen molar-refractivity contribution >= 4 is 35.2 Å². The van der Waals surface area contributed by atoms with E-state index in [1.54, 1.807) is 0 Å². The largest absolute Gasteiger partial charge is 0.462 e. The number of aromatic nitrogens is 2. The number of rotatable bonds is 8. The van der Waals surface area contributed by atoms with Gasteiger partial charge in [0.2, 0.25) is 0 Å². The maximum Gasteiger partial charge on any atom is 0.318 e. The molecule has 42 heavy (non-hydrogen) atoms. The van der Waals surface area contributed by atoms with Gasteiger partial charge >= 0.3 is 6.01 Å². The molecule has 0 aliphatic carbocycles. The minimum Gasteiger partial charge on any atom is -0.462 e. The van der Waals surface area contributed by atoms with Crippen molar-refractivity contribution < 1.29 is 13.9 Å². The van der Waals surface area contributed by atoms with Crippen LogP contribution >= 0.6 is 11.6 Å². The monoisotopic (exact) mass is 592 g/mol. The first-order valence-electron chi connectivity index (χ1n) is 14.4. The summed E-state index contributed by atoms with van der Waals surface area (Å²) in [5.74, 6) is -1.05. The minimum atomic E-state index is -1.02. The van der Waals surface area contributed by atoms with Crippen molar-refractivity contribution in [2.75, 3.05) is 44.7 Å². The van der Waals surface area contributed by atoms with E-state index in [4.69, 9.17) is 26.3 Å². The summed E-state index contributed by atoms with van der Waals surface area (Å²) < 4.78 is 20.0. The van der Waals surface area contributed by atoms with Crippen LogP contribution in [0.2, 0.25) is 5.02 Å². The first-order chi connectivity index (χ1) is 20.3. The summed E-state index contributed by atoms with van der Waals surface area (Å²) >= 11 is 6.66.